The molecule has 1 aliphatic heterocycles. The second kappa shape index (κ2) is 12.8. The Bertz CT molecular complexity index is 1110. The number of hydrogen-bond donors (Lipinski definition) is 4. The Morgan fingerprint density at radius 3 is 2.50 bits per heavy atom. The number of carbonyl (C=O) groups is 4. The standard InChI is InChI=1S/C27H34N4O5/c1-17-5-3-6-18(2)25(17)22(32)12-9-20(27(35)36)15-29-24(34)16-30-23(33)13-11-21-10-8-19-7-4-14-28-26(19)31-21/h3,5-6,8,10,20H,4,7,9,11-16H2,1-2H3,(H,28,31)(H,29,34)(H,30,33)(H,35,36)/t20-/m0/s1. The van der Waals surface area contributed by atoms with Crippen LogP contribution in [0, 0.1) is 19.8 Å². The van der Waals surface area contributed by atoms with Crippen LogP contribution < -0.4 is 16.0 Å². The van der Waals surface area contributed by atoms with Gasteiger partial charge in [-0.25, -0.2) is 4.98 Å². The largest absolute Gasteiger partial charge is 0.481 e. The predicted octanol–water partition coefficient (Wildman–Crippen LogP) is 2.59. The third-order valence-electron chi connectivity index (χ3n) is 6.38. The molecule has 2 amide bonds. The molecule has 3 rings (SSSR count). The average Bonchev–Trinajstić information content (AvgIpc) is 2.85. The minimum atomic E-state index is -1.08. The molecule has 9 heteroatoms. The first-order chi connectivity index (χ1) is 17.2. The average molecular weight is 495 g/mol. The number of benzene rings is 1. The van der Waals surface area contributed by atoms with Gasteiger partial charge in [0.05, 0.1) is 12.5 Å². The van der Waals surface area contributed by atoms with Gasteiger partial charge in [-0.3, -0.25) is 19.2 Å². The van der Waals surface area contributed by atoms with Crippen LogP contribution in [0.4, 0.5) is 5.82 Å². The second-order valence-corrected chi connectivity index (χ2v) is 9.19. The zero-order valence-electron chi connectivity index (χ0n) is 20.9. The van der Waals surface area contributed by atoms with Crippen molar-refractivity contribution in [3.05, 3.63) is 58.3 Å². The van der Waals surface area contributed by atoms with E-state index in [9.17, 15) is 24.3 Å². The smallest absolute Gasteiger partial charge is 0.308 e. The lowest BCUT2D eigenvalue weighted by atomic mass is 9.93. The van der Waals surface area contributed by atoms with Crippen molar-refractivity contribution in [3.63, 3.8) is 0 Å². The maximum atomic E-state index is 12.6. The van der Waals surface area contributed by atoms with E-state index in [0.717, 1.165) is 42.0 Å². The first-order valence-corrected chi connectivity index (χ1v) is 12.3. The van der Waals surface area contributed by atoms with Crippen LogP contribution in [0.3, 0.4) is 0 Å². The van der Waals surface area contributed by atoms with Crippen molar-refractivity contribution >= 4 is 29.4 Å². The molecule has 1 atom stereocenters. The Morgan fingerprint density at radius 2 is 1.78 bits per heavy atom. The number of aromatic nitrogens is 1. The highest BCUT2D eigenvalue weighted by Gasteiger charge is 2.21. The lowest BCUT2D eigenvalue weighted by molar-refractivity contribution is -0.142. The summed E-state index contributed by atoms with van der Waals surface area (Å²) in [5.41, 5.74) is 4.32. The molecule has 1 aliphatic rings. The van der Waals surface area contributed by atoms with Crippen LogP contribution in [0.25, 0.3) is 0 Å². The van der Waals surface area contributed by atoms with Gasteiger partial charge < -0.3 is 21.1 Å². The number of Topliss-reactive ketones (excluding diaryl/α,β-unsaturated/α-hetero) is 1. The Balaban J connectivity index is 1.38. The van der Waals surface area contributed by atoms with Gasteiger partial charge in [0.15, 0.2) is 5.78 Å². The van der Waals surface area contributed by atoms with Gasteiger partial charge in [0.25, 0.3) is 0 Å². The van der Waals surface area contributed by atoms with Gasteiger partial charge in [-0.2, -0.15) is 0 Å². The SMILES string of the molecule is Cc1cccc(C)c1C(=O)CC[C@@H](CNC(=O)CNC(=O)CCc1ccc2c(n1)NCCC2)C(=O)O. The summed E-state index contributed by atoms with van der Waals surface area (Å²) in [4.78, 5) is 53.1. The number of anilines is 1. The maximum absolute atomic E-state index is 12.6. The second-order valence-electron chi connectivity index (χ2n) is 9.19. The third-order valence-corrected chi connectivity index (χ3v) is 6.38. The first kappa shape index (κ1) is 26.8. The van der Waals surface area contributed by atoms with Crippen LogP contribution in [0.15, 0.2) is 30.3 Å². The number of hydrogen-bond acceptors (Lipinski definition) is 6. The number of carboxylic acids is 1. The molecule has 1 aromatic carbocycles. The molecular weight excluding hydrogens is 460 g/mol. The summed E-state index contributed by atoms with van der Waals surface area (Å²) in [5.74, 6) is -1.98. The number of ketones is 1. The van der Waals surface area contributed by atoms with Gasteiger partial charge in [-0.05, 0) is 62.3 Å². The normalized spacial score (nSPS) is 13.2. The molecule has 192 valence electrons. The lowest BCUT2D eigenvalue weighted by Crippen LogP contribution is -2.40. The molecular formula is C27H34N4O5. The number of amides is 2. The number of carbonyl (C=O) groups excluding carboxylic acids is 3. The van der Waals surface area contributed by atoms with Crippen LogP contribution in [0.2, 0.25) is 0 Å². The Kier molecular flexibility index (Phi) is 9.55. The molecule has 0 saturated carbocycles. The number of rotatable bonds is 12. The van der Waals surface area contributed by atoms with Crippen molar-refractivity contribution in [2.75, 3.05) is 25.0 Å². The van der Waals surface area contributed by atoms with E-state index in [1.54, 1.807) is 0 Å². The van der Waals surface area contributed by atoms with E-state index < -0.39 is 17.8 Å². The molecule has 1 aromatic heterocycles. The van der Waals surface area contributed by atoms with Crippen molar-refractivity contribution in [1.29, 1.82) is 0 Å². The van der Waals surface area contributed by atoms with Crippen molar-refractivity contribution in [1.82, 2.24) is 15.6 Å². The number of carboxylic acid groups (broad SMARTS) is 1. The van der Waals surface area contributed by atoms with Gasteiger partial charge in [0.2, 0.25) is 11.8 Å². The first-order valence-electron chi connectivity index (χ1n) is 12.3. The molecule has 0 fully saturated rings. The van der Waals surface area contributed by atoms with Crippen molar-refractivity contribution in [2.45, 2.75) is 52.4 Å². The van der Waals surface area contributed by atoms with E-state index in [1.807, 2.05) is 44.2 Å². The molecule has 0 aliphatic carbocycles. The fraction of sp³-hybridized carbons (Fsp3) is 0.444. The van der Waals surface area contributed by atoms with Crippen LogP contribution in [0.5, 0.6) is 0 Å². The number of aliphatic carboxylic acids is 1. The molecule has 0 radical (unpaired) electrons. The zero-order valence-corrected chi connectivity index (χ0v) is 20.9. The minimum absolute atomic E-state index is 0.0709. The fourth-order valence-electron chi connectivity index (χ4n) is 4.31. The van der Waals surface area contributed by atoms with Gasteiger partial charge in [-0.1, -0.05) is 24.3 Å². The minimum Gasteiger partial charge on any atom is -0.481 e. The van der Waals surface area contributed by atoms with E-state index in [1.165, 1.54) is 5.56 Å². The Labute approximate surface area is 211 Å². The zero-order chi connectivity index (χ0) is 26.1. The highest BCUT2D eigenvalue weighted by atomic mass is 16.4. The molecule has 0 spiro atoms. The Morgan fingerprint density at radius 1 is 1.03 bits per heavy atom. The number of fused-ring (bicyclic) bond motifs is 1. The number of aryl methyl sites for hydroxylation is 4. The Hall–Kier alpha value is -3.75. The molecule has 2 heterocycles. The maximum Gasteiger partial charge on any atom is 0.308 e. The summed E-state index contributed by atoms with van der Waals surface area (Å²) < 4.78 is 0. The van der Waals surface area contributed by atoms with E-state index in [-0.39, 0.29) is 44.0 Å². The molecule has 4 N–H and O–H groups in total. The topological polar surface area (TPSA) is 137 Å². The van der Waals surface area contributed by atoms with Crippen LogP contribution >= 0.6 is 0 Å². The number of nitrogens with zero attached hydrogens (tertiary/aromatic N) is 1. The van der Waals surface area contributed by atoms with Crippen LogP contribution in [-0.2, 0) is 27.2 Å². The summed E-state index contributed by atoms with van der Waals surface area (Å²) in [6.45, 7) is 4.24. The molecule has 36 heavy (non-hydrogen) atoms. The van der Waals surface area contributed by atoms with Gasteiger partial charge in [-0.15, -0.1) is 0 Å². The lowest BCUT2D eigenvalue weighted by Gasteiger charge is -2.17. The van der Waals surface area contributed by atoms with E-state index in [2.05, 4.69) is 20.9 Å². The van der Waals surface area contributed by atoms with Gasteiger partial charge in [0, 0.05) is 37.2 Å². The quantitative estimate of drug-likeness (QED) is 0.333. The fourth-order valence-corrected chi connectivity index (χ4v) is 4.31. The number of pyridine rings is 1. The summed E-state index contributed by atoms with van der Waals surface area (Å²) in [6, 6.07) is 9.53. The van der Waals surface area contributed by atoms with Gasteiger partial charge in [0.1, 0.15) is 5.82 Å². The van der Waals surface area contributed by atoms with E-state index in [4.69, 9.17) is 0 Å². The molecule has 0 bridgehead atoms. The van der Waals surface area contributed by atoms with E-state index >= 15 is 0 Å². The molecule has 0 unspecified atom stereocenters. The van der Waals surface area contributed by atoms with Crippen molar-refractivity contribution < 1.29 is 24.3 Å². The summed E-state index contributed by atoms with van der Waals surface area (Å²) in [7, 11) is 0. The van der Waals surface area contributed by atoms with E-state index in [0.29, 0.717) is 12.0 Å². The van der Waals surface area contributed by atoms with Crippen LogP contribution in [0.1, 0.15) is 58.4 Å². The predicted molar refractivity (Wildman–Crippen MR) is 136 cm³/mol. The van der Waals surface area contributed by atoms with Gasteiger partial charge >= 0.3 is 5.97 Å². The summed E-state index contributed by atoms with van der Waals surface area (Å²) >= 11 is 0. The van der Waals surface area contributed by atoms with Crippen LogP contribution in [-0.4, -0.2) is 53.3 Å². The molecule has 0 saturated heterocycles. The summed E-state index contributed by atoms with van der Waals surface area (Å²) in [6.07, 6.45) is 2.90. The highest BCUT2D eigenvalue weighted by molar-refractivity contribution is 5.99. The monoisotopic (exact) mass is 494 g/mol. The molecule has 9 nitrogen and oxygen atoms in total. The summed E-state index contributed by atoms with van der Waals surface area (Å²) in [5, 5.41) is 17.9. The van der Waals surface area contributed by atoms with Crippen molar-refractivity contribution in [2.24, 2.45) is 5.92 Å². The molecule has 2 aromatic rings. The van der Waals surface area contributed by atoms with Crippen molar-refractivity contribution in [3.8, 4) is 0 Å². The highest BCUT2D eigenvalue weighted by Crippen LogP contribution is 2.20. The third kappa shape index (κ3) is 7.63. The number of nitrogens with one attached hydrogen (secondary N) is 3.